The van der Waals surface area contributed by atoms with Gasteiger partial charge in [0.15, 0.2) is 5.43 Å². The minimum atomic E-state index is -0.341. The van der Waals surface area contributed by atoms with Gasteiger partial charge in [-0.15, -0.1) is 0 Å². The molecule has 2 heterocycles. The number of hydrogen-bond acceptors (Lipinski definition) is 3. The number of carbonyl (C=O) groups is 1. The molecular weight excluding hydrogens is 429 g/mol. The summed E-state index contributed by atoms with van der Waals surface area (Å²) < 4.78 is 16.2. The van der Waals surface area contributed by atoms with Crippen molar-refractivity contribution in [3.05, 3.63) is 111 Å². The molecule has 3 aromatic rings. The number of rotatable bonds is 6. The van der Waals surface area contributed by atoms with Crippen molar-refractivity contribution in [2.75, 3.05) is 32.7 Å². The number of hydrogen-bond donors (Lipinski definition) is 0. The average molecular weight is 460 g/mol. The van der Waals surface area contributed by atoms with Gasteiger partial charge in [-0.05, 0) is 24.1 Å². The second-order valence-corrected chi connectivity index (χ2v) is 8.70. The lowest BCUT2D eigenvalue weighted by atomic mass is 10.0. The standard InChI is InChI=1S/C28H30FN3O2/c1-21-19-26(33)27(25(30(21)2)20-23-12-6-7-13-24(23)29)28(34)32-17-15-31(16-18-32)14-8-11-22-9-4-3-5-10-22/h3-13,19H,14-18,20H2,1-2H3. The number of piperazine rings is 1. The Bertz CT molecular complexity index is 1240. The number of pyridine rings is 1. The van der Waals surface area contributed by atoms with E-state index in [0.717, 1.165) is 30.9 Å². The lowest BCUT2D eigenvalue weighted by molar-refractivity contribution is 0.0647. The predicted molar refractivity (Wildman–Crippen MR) is 133 cm³/mol. The maximum atomic E-state index is 14.4. The van der Waals surface area contributed by atoms with Crippen LogP contribution in [0.1, 0.15) is 32.9 Å². The van der Waals surface area contributed by atoms with Crippen LogP contribution in [-0.4, -0.2) is 53.0 Å². The van der Waals surface area contributed by atoms with Gasteiger partial charge in [-0.3, -0.25) is 14.5 Å². The van der Waals surface area contributed by atoms with E-state index < -0.39 is 0 Å². The molecule has 2 aromatic carbocycles. The zero-order valence-electron chi connectivity index (χ0n) is 19.7. The summed E-state index contributed by atoms with van der Waals surface area (Å²) >= 11 is 0. The van der Waals surface area contributed by atoms with Gasteiger partial charge in [0.1, 0.15) is 11.4 Å². The fraction of sp³-hybridized carbons (Fsp3) is 0.286. The number of amides is 1. The summed E-state index contributed by atoms with van der Waals surface area (Å²) in [5.74, 6) is -0.613. The molecule has 0 unspecified atom stereocenters. The third-order valence-electron chi connectivity index (χ3n) is 6.47. The van der Waals surface area contributed by atoms with Gasteiger partial charge in [0.2, 0.25) is 0 Å². The first-order valence-electron chi connectivity index (χ1n) is 11.6. The van der Waals surface area contributed by atoms with Crippen LogP contribution < -0.4 is 5.43 Å². The molecule has 1 aliphatic rings. The third-order valence-corrected chi connectivity index (χ3v) is 6.47. The molecule has 1 aliphatic heterocycles. The van der Waals surface area contributed by atoms with Crippen molar-refractivity contribution < 1.29 is 9.18 Å². The summed E-state index contributed by atoms with van der Waals surface area (Å²) in [6, 6.07) is 18.1. The molecule has 1 aromatic heterocycles. The van der Waals surface area contributed by atoms with E-state index >= 15 is 0 Å². The molecule has 1 saturated heterocycles. The minimum absolute atomic E-state index is 0.147. The number of aromatic nitrogens is 1. The van der Waals surface area contributed by atoms with Crippen molar-refractivity contribution in [3.8, 4) is 0 Å². The summed E-state index contributed by atoms with van der Waals surface area (Å²) in [6.07, 6.45) is 4.42. The van der Waals surface area contributed by atoms with Crippen molar-refractivity contribution in [2.45, 2.75) is 13.3 Å². The first-order valence-corrected chi connectivity index (χ1v) is 11.6. The molecule has 176 valence electrons. The van der Waals surface area contributed by atoms with Crippen LogP contribution in [0, 0.1) is 12.7 Å². The first-order chi connectivity index (χ1) is 16.4. The third kappa shape index (κ3) is 5.34. The average Bonchev–Trinajstić information content (AvgIpc) is 2.84. The Morgan fingerprint density at radius 3 is 2.38 bits per heavy atom. The van der Waals surface area contributed by atoms with Gasteiger partial charge in [0.05, 0.1) is 0 Å². The van der Waals surface area contributed by atoms with Gasteiger partial charge < -0.3 is 9.47 Å². The SMILES string of the molecule is Cc1cc(=O)c(C(=O)N2CCN(CC=Cc3ccccc3)CC2)c(Cc2ccccc2F)n1C. The normalized spacial score (nSPS) is 14.6. The molecule has 0 atom stereocenters. The Kier molecular flexibility index (Phi) is 7.38. The van der Waals surface area contributed by atoms with E-state index in [1.807, 2.05) is 36.7 Å². The second-order valence-electron chi connectivity index (χ2n) is 8.70. The highest BCUT2D eigenvalue weighted by Gasteiger charge is 2.27. The summed E-state index contributed by atoms with van der Waals surface area (Å²) in [6.45, 7) is 5.20. The Morgan fingerprint density at radius 1 is 1.00 bits per heavy atom. The van der Waals surface area contributed by atoms with Gasteiger partial charge in [-0.1, -0.05) is 60.7 Å². The highest BCUT2D eigenvalue weighted by atomic mass is 19.1. The maximum absolute atomic E-state index is 14.4. The van der Waals surface area contributed by atoms with Crippen LogP contribution in [0.3, 0.4) is 0 Å². The Balaban J connectivity index is 1.48. The van der Waals surface area contributed by atoms with Gasteiger partial charge in [-0.25, -0.2) is 4.39 Å². The zero-order chi connectivity index (χ0) is 24.1. The van der Waals surface area contributed by atoms with Crippen LogP contribution in [0.25, 0.3) is 6.08 Å². The number of aryl methyl sites for hydroxylation is 1. The predicted octanol–water partition coefficient (Wildman–Crippen LogP) is 3.89. The highest BCUT2D eigenvalue weighted by Crippen LogP contribution is 2.18. The first kappa shape index (κ1) is 23.6. The zero-order valence-corrected chi connectivity index (χ0v) is 19.7. The van der Waals surface area contributed by atoms with E-state index in [1.165, 1.54) is 12.1 Å². The molecule has 1 amide bonds. The molecule has 5 nitrogen and oxygen atoms in total. The van der Waals surface area contributed by atoms with Crippen molar-refractivity contribution in [3.63, 3.8) is 0 Å². The molecule has 0 N–H and O–H groups in total. The Hall–Kier alpha value is -3.51. The van der Waals surface area contributed by atoms with Gasteiger partial charge >= 0.3 is 0 Å². The molecule has 1 fully saturated rings. The van der Waals surface area contributed by atoms with E-state index in [4.69, 9.17) is 0 Å². The monoisotopic (exact) mass is 459 g/mol. The molecule has 0 aliphatic carbocycles. The van der Waals surface area contributed by atoms with Gasteiger partial charge in [0, 0.05) is 63.6 Å². The lowest BCUT2D eigenvalue weighted by Crippen LogP contribution is -2.49. The van der Waals surface area contributed by atoms with Crippen LogP contribution in [0.4, 0.5) is 4.39 Å². The number of carbonyl (C=O) groups excluding carboxylic acids is 1. The smallest absolute Gasteiger partial charge is 0.259 e. The summed E-state index contributed by atoms with van der Waals surface area (Å²) in [7, 11) is 1.82. The Morgan fingerprint density at radius 2 is 1.68 bits per heavy atom. The number of nitrogens with zero attached hydrogens (tertiary/aromatic N) is 3. The molecular formula is C28H30FN3O2. The van der Waals surface area contributed by atoms with Gasteiger partial charge in [-0.2, -0.15) is 0 Å². The molecule has 34 heavy (non-hydrogen) atoms. The number of halogens is 1. The van der Waals surface area contributed by atoms with E-state index in [-0.39, 0.29) is 29.1 Å². The van der Waals surface area contributed by atoms with Crippen molar-refractivity contribution in [2.24, 2.45) is 7.05 Å². The van der Waals surface area contributed by atoms with E-state index in [1.54, 1.807) is 23.1 Å². The van der Waals surface area contributed by atoms with Crippen LogP contribution in [-0.2, 0) is 13.5 Å². The lowest BCUT2D eigenvalue weighted by Gasteiger charge is -2.34. The maximum Gasteiger partial charge on any atom is 0.259 e. The molecule has 6 heteroatoms. The van der Waals surface area contributed by atoms with Crippen molar-refractivity contribution in [1.82, 2.24) is 14.4 Å². The van der Waals surface area contributed by atoms with Crippen molar-refractivity contribution in [1.29, 1.82) is 0 Å². The highest BCUT2D eigenvalue weighted by molar-refractivity contribution is 5.95. The fourth-order valence-electron chi connectivity index (χ4n) is 4.33. The number of benzene rings is 2. The molecule has 0 bridgehead atoms. The minimum Gasteiger partial charge on any atom is -0.351 e. The summed E-state index contributed by atoms with van der Waals surface area (Å²) in [5.41, 5.74) is 2.76. The summed E-state index contributed by atoms with van der Waals surface area (Å²) in [5, 5.41) is 0. The molecule has 0 spiro atoms. The van der Waals surface area contributed by atoms with Gasteiger partial charge in [0.25, 0.3) is 5.91 Å². The van der Waals surface area contributed by atoms with Crippen molar-refractivity contribution >= 4 is 12.0 Å². The quantitative estimate of drug-likeness (QED) is 0.562. The molecule has 0 radical (unpaired) electrons. The van der Waals surface area contributed by atoms with E-state index in [2.05, 4.69) is 29.2 Å². The van der Waals surface area contributed by atoms with Crippen LogP contribution in [0.15, 0.2) is 71.5 Å². The largest absolute Gasteiger partial charge is 0.351 e. The summed E-state index contributed by atoms with van der Waals surface area (Å²) in [4.78, 5) is 30.4. The Labute approximate surface area is 199 Å². The molecule has 4 rings (SSSR count). The van der Waals surface area contributed by atoms with E-state index in [9.17, 15) is 14.0 Å². The van der Waals surface area contributed by atoms with Crippen LogP contribution in [0.5, 0.6) is 0 Å². The topological polar surface area (TPSA) is 45.6 Å². The molecule has 0 saturated carbocycles. The van der Waals surface area contributed by atoms with Crippen LogP contribution in [0.2, 0.25) is 0 Å². The fourth-order valence-corrected chi connectivity index (χ4v) is 4.33. The van der Waals surface area contributed by atoms with Crippen LogP contribution >= 0.6 is 0 Å². The second kappa shape index (κ2) is 10.6. The van der Waals surface area contributed by atoms with E-state index in [0.29, 0.717) is 24.3 Å².